The summed E-state index contributed by atoms with van der Waals surface area (Å²) in [6.45, 7) is 0. The van der Waals surface area contributed by atoms with Crippen LogP contribution >= 0.6 is 0 Å². The lowest BCUT2D eigenvalue weighted by Crippen LogP contribution is -2.15. The molecule has 5 aromatic rings. The van der Waals surface area contributed by atoms with Gasteiger partial charge in [0.2, 0.25) is 5.78 Å². The highest BCUT2D eigenvalue weighted by molar-refractivity contribution is 5.82. The van der Waals surface area contributed by atoms with Gasteiger partial charge in [0.05, 0.1) is 41.4 Å². The minimum atomic E-state index is -4.60. The van der Waals surface area contributed by atoms with Crippen LogP contribution in [0.25, 0.3) is 39.5 Å². The molecule has 9 heteroatoms. The van der Waals surface area contributed by atoms with Crippen LogP contribution in [0.3, 0.4) is 0 Å². The molecule has 36 heavy (non-hydrogen) atoms. The molecular formula is C27H17F3N4O2. The molecule has 1 N–H and O–H groups in total. The van der Waals surface area contributed by atoms with E-state index in [1.165, 1.54) is 29.7 Å². The molecule has 0 bridgehead atoms. The van der Waals surface area contributed by atoms with Crippen molar-refractivity contribution in [3.63, 3.8) is 0 Å². The van der Waals surface area contributed by atoms with Crippen LogP contribution in [0.15, 0.2) is 83.7 Å². The zero-order valence-corrected chi connectivity index (χ0v) is 18.8. The molecule has 0 aliphatic carbocycles. The van der Waals surface area contributed by atoms with Crippen LogP contribution in [0.4, 0.5) is 13.2 Å². The lowest BCUT2D eigenvalue weighted by atomic mass is 10.0. The van der Waals surface area contributed by atoms with Gasteiger partial charge in [0, 0.05) is 22.8 Å². The van der Waals surface area contributed by atoms with Gasteiger partial charge in [-0.15, -0.1) is 0 Å². The maximum atomic E-state index is 13.6. The van der Waals surface area contributed by atoms with Crippen molar-refractivity contribution in [3.8, 4) is 45.6 Å². The second-order valence-corrected chi connectivity index (χ2v) is 7.95. The minimum Gasteiger partial charge on any atom is -0.497 e. The molecule has 0 fully saturated rings. The number of hydrogen-bond donors (Lipinski definition) is 1. The monoisotopic (exact) mass is 486 g/mol. The van der Waals surface area contributed by atoms with E-state index >= 15 is 0 Å². The zero-order valence-electron chi connectivity index (χ0n) is 18.8. The van der Waals surface area contributed by atoms with Gasteiger partial charge in [-0.25, -0.2) is 9.38 Å². The standard InChI is InChI=1S/C27H17F3N4O2/c1-36-19-12-10-18(11-13-19)25-24(17-8-6-16(15-31)7-9-17)33-26-32-22(14-23(35)34(25)26)20-4-2-3-5-21(20)27(28,29)30/h2-14H,1H3,(H,32,33). The number of fused-ring (bicyclic) bond motifs is 1. The van der Waals surface area contributed by atoms with Crippen LogP contribution in [0.1, 0.15) is 11.1 Å². The molecule has 178 valence electrons. The van der Waals surface area contributed by atoms with E-state index in [2.05, 4.69) is 16.0 Å². The Kier molecular flexibility index (Phi) is 5.57. The average Bonchev–Trinajstić information content (AvgIpc) is 3.28. The second kappa shape index (κ2) is 8.74. The van der Waals surface area contributed by atoms with E-state index in [0.29, 0.717) is 33.8 Å². The van der Waals surface area contributed by atoms with E-state index < -0.39 is 17.3 Å². The number of nitrogens with one attached hydrogen (secondary N) is 1. The highest BCUT2D eigenvalue weighted by Crippen LogP contribution is 2.37. The molecule has 0 atom stereocenters. The van der Waals surface area contributed by atoms with Crippen molar-refractivity contribution in [1.82, 2.24) is 14.4 Å². The van der Waals surface area contributed by atoms with E-state index in [4.69, 9.17) is 10.00 Å². The Morgan fingerprint density at radius 1 is 0.972 bits per heavy atom. The number of hydrogen-bond acceptors (Lipinski definition) is 4. The molecule has 0 amide bonds. The molecule has 0 saturated carbocycles. The highest BCUT2D eigenvalue weighted by Gasteiger charge is 2.33. The summed E-state index contributed by atoms with van der Waals surface area (Å²) in [6.07, 6.45) is -4.60. The van der Waals surface area contributed by atoms with Gasteiger partial charge in [0.1, 0.15) is 5.75 Å². The number of nitriles is 1. The van der Waals surface area contributed by atoms with Crippen molar-refractivity contribution in [3.05, 3.63) is 100 Å². The maximum absolute atomic E-state index is 13.6. The topological polar surface area (TPSA) is 83.2 Å². The zero-order chi connectivity index (χ0) is 25.4. The summed E-state index contributed by atoms with van der Waals surface area (Å²) in [7, 11) is 1.54. The Labute approximate surface area is 202 Å². The Morgan fingerprint density at radius 3 is 2.28 bits per heavy atom. The summed E-state index contributed by atoms with van der Waals surface area (Å²) in [5.41, 5.74) is 1.05. The van der Waals surface area contributed by atoms with Crippen LogP contribution in [0.2, 0.25) is 0 Å². The highest BCUT2D eigenvalue weighted by atomic mass is 19.4. The van der Waals surface area contributed by atoms with Gasteiger partial charge in [-0.2, -0.15) is 18.4 Å². The van der Waals surface area contributed by atoms with E-state index in [1.54, 1.807) is 48.5 Å². The Bertz CT molecular complexity index is 1680. The average molecular weight is 486 g/mol. The molecule has 0 spiro atoms. The Hall–Kier alpha value is -4.84. The van der Waals surface area contributed by atoms with Crippen LogP contribution in [-0.4, -0.2) is 21.5 Å². The summed E-state index contributed by atoms with van der Waals surface area (Å²) >= 11 is 0. The van der Waals surface area contributed by atoms with Gasteiger partial charge >= 0.3 is 6.18 Å². The number of imidazole rings is 1. The number of benzene rings is 3. The number of H-pyrrole nitrogens is 1. The third-order valence-corrected chi connectivity index (χ3v) is 5.79. The van der Waals surface area contributed by atoms with Crippen molar-refractivity contribution >= 4 is 5.78 Å². The van der Waals surface area contributed by atoms with Crippen molar-refractivity contribution in [2.45, 2.75) is 6.18 Å². The summed E-state index contributed by atoms with van der Waals surface area (Å²) in [6, 6.07) is 21.9. The molecule has 2 aromatic heterocycles. The molecule has 0 radical (unpaired) electrons. The summed E-state index contributed by atoms with van der Waals surface area (Å²) in [4.78, 5) is 20.9. The molecule has 2 heterocycles. The van der Waals surface area contributed by atoms with Crippen molar-refractivity contribution in [1.29, 1.82) is 5.26 Å². The van der Waals surface area contributed by atoms with Crippen LogP contribution in [0, 0.1) is 11.3 Å². The first-order chi connectivity index (χ1) is 17.3. The van der Waals surface area contributed by atoms with Gasteiger partial charge < -0.3 is 9.72 Å². The van der Waals surface area contributed by atoms with E-state index in [1.807, 2.05) is 0 Å². The number of aromatic nitrogens is 3. The van der Waals surface area contributed by atoms with Gasteiger partial charge in [0.25, 0.3) is 5.56 Å². The number of aromatic amines is 1. The van der Waals surface area contributed by atoms with Gasteiger partial charge in [-0.05, 0) is 42.5 Å². The molecule has 3 aromatic carbocycles. The van der Waals surface area contributed by atoms with Crippen molar-refractivity contribution in [2.24, 2.45) is 0 Å². The number of rotatable bonds is 4. The lowest BCUT2D eigenvalue weighted by Gasteiger charge is -2.13. The fourth-order valence-corrected chi connectivity index (χ4v) is 4.09. The smallest absolute Gasteiger partial charge is 0.417 e. The first-order valence-corrected chi connectivity index (χ1v) is 10.8. The van der Waals surface area contributed by atoms with Crippen LogP contribution < -0.4 is 10.3 Å². The number of nitrogens with zero attached hydrogens (tertiary/aromatic N) is 3. The van der Waals surface area contributed by atoms with E-state index in [-0.39, 0.29) is 17.0 Å². The van der Waals surface area contributed by atoms with Crippen LogP contribution in [0.5, 0.6) is 5.75 Å². The Morgan fingerprint density at radius 2 is 1.64 bits per heavy atom. The molecule has 6 nitrogen and oxygen atoms in total. The second-order valence-electron chi connectivity index (χ2n) is 7.95. The quantitative estimate of drug-likeness (QED) is 0.342. The SMILES string of the molecule is COc1ccc(-c2c(-c3ccc(C#N)cc3)nc3[nH]c(-c4ccccc4C(F)(F)F)cc(=O)n23)cc1. The van der Waals surface area contributed by atoms with Gasteiger partial charge in [-0.1, -0.05) is 30.3 Å². The minimum absolute atomic E-state index is 0.00177. The first kappa shape index (κ1) is 22.9. The number of halogens is 3. The normalized spacial score (nSPS) is 11.4. The van der Waals surface area contributed by atoms with Gasteiger partial charge in [-0.3, -0.25) is 4.79 Å². The summed E-state index contributed by atoms with van der Waals surface area (Å²) in [5, 5.41) is 9.14. The number of alkyl halides is 3. The van der Waals surface area contributed by atoms with Crippen molar-refractivity contribution in [2.75, 3.05) is 7.11 Å². The molecule has 0 unspecified atom stereocenters. The fourth-order valence-electron chi connectivity index (χ4n) is 4.09. The predicted octanol–water partition coefficient (Wildman–Crippen LogP) is 5.92. The van der Waals surface area contributed by atoms with E-state index in [0.717, 1.165) is 12.1 Å². The summed E-state index contributed by atoms with van der Waals surface area (Å²) in [5.74, 6) is 0.701. The number of methoxy groups -OCH3 is 1. The van der Waals surface area contributed by atoms with Gasteiger partial charge in [0.15, 0.2) is 0 Å². The Balaban J connectivity index is 1.79. The lowest BCUT2D eigenvalue weighted by molar-refractivity contribution is -0.137. The first-order valence-electron chi connectivity index (χ1n) is 10.8. The molecule has 0 aliphatic heterocycles. The number of ether oxygens (including phenoxy) is 1. The van der Waals surface area contributed by atoms with E-state index in [9.17, 15) is 18.0 Å². The molecule has 5 rings (SSSR count). The molecule has 0 saturated heterocycles. The third-order valence-electron chi connectivity index (χ3n) is 5.79. The van der Waals surface area contributed by atoms with Crippen molar-refractivity contribution < 1.29 is 17.9 Å². The fraction of sp³-hybridized carbons (Fsp3) is 0.0741. The molecular weight excluding hydrogens is 469 g/mol. The predicted molar refractivity (Wildman–Crippen MR) is 128 cm³/mol. The maximum Gasteiger partial charge on any atom is 0.417 e. The summed E-state index contributed by atoms with van der Waals surface area (Å²) < 4.78 is 47.5. The molecule has 0 aliphatic rings. The third kappa shape index (κ3) is 3.99. The van der Waals surface area contributed by atoms with Crippen LogP contribution in [-0.2, 0) is 6.18 Å². The largest absolute Gasteiger partial charge is 0.497 e.